The van der Waals surface area contributed by atoms with Gasteiger partial charge >= 0.3 is 0 Å². The summed E-state index contributed by atoms with van der Waals surface area (Å²) in [5, 5.41) is 5.70. The summed E-state index contributed by atoms with van der Waals surface area (Å²) in [5.74, 6) is 0.478. The fourth-order valence-electron chi connectivity index (χ4n) is 5.17. The summed E-state index contributed by atoms with van der Waals surface area (Å²) in [6, 6.07) is 23.5. The minimum absolute atomic E-state index is 0.00855. The van der Waals surface area contributed by atoms with Crippen molar-refractivity contribution in [1.82, 2.24) is 19.6 Å². The largest absolute Gasteiger partial charge is 0.337 e. The first kappa shape index (κ1) is 22.8. The third kappa shape index (κ3) is 5.08. The molecule has 1 aliphatic heterocycles. The molecule has 2 aromatic carbocycles. The SMILES string of the molecule is CN(C(=O)c1ccn(C)n1)[C@H](Cc1ccccc1)C1CCN(Cc2cc3ccccc3s2)CC1. The number of aromatic nitrogens is 2. The molecule has 0 radical (unpaired) electrons. The molecule has 0 saturated carbocycles. The molecule has 1 atom stereocenters. The lowest BCUT2D eigenvalue weighted by molar-refractivity contribution is 0.0579. The second-order valence-corrected chi connectivity index (χ2v) is 10.6. The summed E-state index contributed by atoms with van der Waals surface area (Å²) in [7, 11) is 3.80. The van der Waals surface area contributed by atoms with Gasteiger partial charge in [-0.15, -0.1) is 11.3 Å². The van der Waals surface area contributed by atoms with Gasteiger partial charge in [-0.2, -0.15) is 5.10 Å². The number of likely N-dealkylation sites (N-methyl/N-ethyl adjacent to an activating group) is 1. The van der Waals surface area contributed by atoms with Crippen LogP contribution in [0.4, 0.5) is 0 Å². The van der Waals surface area contributed by atoms with Gasteiger partial charge < -0.3 is 4.90 Å². The van der Waals surface area contributed by atoms with Crippen LogP contribution in [0.5, 0.6) is 0 Å². The highest BCUT2D eigenvalue weighted by Gasteiger charge is 2.32. The molecule has 5 rings (SSSR count). The number of piperidine rings is 1. The molecule has 6 heteroatoms. The van der Waals surface area contributed by atoms with E-state index in [1.165, 1.54) is 20.5 Å². The average Bonchev–Trinajstić information content (AvgIpc) is 3.48. The Labute approximate surface area is 205 Å². The average molecular weight is 473 g/mol. The number of hydrogen-bond donors (Lipinski definition) is 0. The monoisotopic (exact) mass is 472 g/mol. The molecular formula is C28H32N4OS. The minimum atomic E-state index is 0.00855. The molecule has 0 aliphatic carbocycles. The van der Waals surface area contributed by atoms with Crippen molar-refractivity contribution < 1.29 is 4.79 Å². The predicted octanol–water partition coefficient (Wildman–Crippen LogP) is 5.23. The van der Waals surface area contributed by atoms with Gasteiger partial charge in [0.25, 0.3) is 5.91 Å². The van der Waals surface area contributed by atoms with Crippen molar-refractivity contribution in [3.63, 3.8) is 0 Å². The number of rotatable bonds is 7. The van der Waals surface area contributed by atoms with Crippen LogP contribution in [-0.4, -0.2) is 51.7 Å². The zero-order valence-corrected chi connectivity index (χ0v) is 20.7. The number of likely N-dealkylation sites (tertiary alicyclic amines) is 1. The van der Waals surface area contributed by atoms with Gasteiger partial charge in [-0.3, -0.25) is 14.4 Å². The molecule has 0 N–H and O–H groups in total. The number of aryl methyl sites for hydroxylation is 1. The Kier molecular flexibility index (Phi) is 6.79. The molecule has 2 aromatic heterocycles. The van der Waals surface area contributed by atoms with Crippen molar-refractivity contribution in [2.75, 3.05) is 20.1 Å². The number of thiophene rings is 1. The second-order valence-electron chi connectivity index (χ2n) is 9.41. The van der Waals surface area contributed by atoms with Crippen molar-refractivity contribution in [3.05, 3.63) is 89.1 Å². The Balaban J connectivity index is 1.28. The lowest BCUT2D eigenvalue weighted by Gasteiger charge is -2.40. The third-order valence-electron chi connectivity index (χ3n) is 7.07. The first-order valence-electron chi connectivity index (χ1n) is 12.1. The van der Waals surface area contributed by atoms with Crippen LogP contribution in [-0.2, 0) is 20.0 Å². The van der Waals surface area contributed by atoms with Crippen molar-refractivity contribution in [2.45, 2.75) is 31.8 Å². The topological polar surface area (TPSA) is 41.4 Å². The Bertz CT molecular complexity index is 1210. The maximum Gasteiger partial charge on any atom is 0.274 e. The van der Waals surface area contributed by atoms with Crippen molar-refractivity contribution in [1.29, 1.82) is 0 Å². The molecule has 0 unspecified atom stereocenters. The van der Waals surface area contributed by atoms with Crippen LogP contribution in [0.1, 0.15) is 33.8 Å². The van der Waals surface area contributed by atoms with Crippen LogP contribution in [0.15, 0.2) is 72.9 Å². The molecule has 0 bridgehead atoms. The maximum absolute atomic E-state index is 13.3. The van der Waals surface area contributed by atoms with E-state index in [4.69, 9.17) is 0 Å². The van der Waals surface area contributed by atoms with Gasteiger partial charge in [0.1, 0.15) is 5.69 Å². The normalized spacial score (nSPS) is 16.1. The molecule has 1 saturated heterocycles. The Morgan fingerprint density at radius 2 is 1.82 bits per heavy atom. The zero-order valence-electron chi connectivity index (χ0n) is 19.9. The van der Waals surface area contributed by atoms with E-state index in [2.05, 4.69) is 64.6 Å². The number of amides is 1. The summed E-state index contributed by atoms with van der Waals surface area (Å²) in [6.07, 6.45) is 4.90. The fraction of sp³-hybridized carbons (Fsp3) is 0.357. The van der Waals surface area contributed by atoms with E-state index in [-0.39, 0.29) is 11.9 Å². The van der Waals surface area contributed by atoms with Crippen LogP contribution in [0.25, 0.3) is 10.1 Å². The van der Waals surface area contributed by atoms with Gasteiger partial charge in [0.05, 0.1) is 0 Å². The molecule has 1 aliphatic rings. The summed E-state index contributed by atoms with van der Waals surface area (Å²) in [6.45, 7) is 3.14. The van der Waals surface area contributed by atoms with Crippen molar-refractivity contribution in [3.8, 4) is 0 Å². The minimum Gasteiger partial charge on any atom is -0.337 e. The molecule has 0 spiro atoms. The van der Waals surface area contributed by atoms with Gasteiger partial charge in [-0.25, -0.2) is 0 Å². The van der Waals surface area contributed by atoms with E-state index in [1.807, 2.05) is 48.7 Å². The molecular weight excluding hydrogens is 440 g/mol. The summed E-state index contributed by atoms with van der Waals surface area (Å²) in [5.41, 5.74) is 1.80. The van der Waals surface area contributed by atoms with Gasteiger partial charge in [0.15, 0.2) is 0 Å². The Morgan fingerprint density at radius 1 is 1.09 bits per heavy atom. The highest BCUT2D eigenvalue weighted by molar-refractivity contribution is 7.19. The second kappa shape index (κ2) is 10.1. The number of fused-ring (bicyclic) bond motifs is 1. The molecule has 34 heavy (non-hydrogen) atoms. The summed E-state index contributed by atoms with van der Waals surface area (Å²) in [4.78, 5) is 19.2. The predicted molar refractivity (Wildman–Crippen MR) is 139 cm³/mol. The van der Waals surface area contributed by atoms with Crippen LogP contribution in [0.3, 0.4) is 0 Å². The van der Waals surface area contributed by atoms with E-state index < -0.39 is 0 Å². The first-order chi connectivity index (χ1) is 16.6. The Morgan fingerprint density at radius 3 is 2.53 bits per heavy atom. The van der Waals surface area contributed by atoms with E-state index in [0.29, 0.717) is 11.6 Å². The zero-order chi connectivity index (χ0) is 23.5. The van der Waals surface area contributed by atoms with Crippen LogP contribution in [0.2, 0.25) is 0 Å². The van der Waals surface area contributed by atoms with Gasteiger partial charge in [0, 0.05) is 42.5 Å². The summed E-state index contributed by atoms with van der Waals surface area (Å²) >= 11 is 1.90. The Hall–Kier alpha value is -2.96. The van der Waals surface area contributed by atoms with Crippen molar-refractivity contribution >= 4 is 27.3 Å². The molecule has 1 amide bonds. The maximum atomic E-state index is 13.3. The van der Waals surface area contributed by atoms with E-state index in [1.54, 1.807) is 4.68 Å². The molecule has 5 nitrogen and oxygen atoms in total. The lowest BCUT2D eigenvalue weighted by atomic mass is 9.85. The van der Waals surface area contributed by atoms with Crippen LogP contribution in [0, 0.1) is 5.92 Å². The van der Waals surface area contributed by atoms with E-state index in [0.717, 1.165) is 38.9 Å². The number of benzene rings is 2. The molecule has 176 valence electrons. The van der Waals surface area contributed by atoms with Crippen molar-refractivity contribution in [2.24, 2.45) is 13.0 Å². The van der Waals surface area contributed by atoms with Crippen LogP contribution >= 0.6 is 11.3 Å². The highest BCUT2D eigenvalue weighted by atomic mass is 32.1. The standard InChI is InChI=1S/C28H32N4OS/c1-30-15-14-25(29-30)28(33)31(2)26(18-21-8-4-3-5-9-21)22-12-16-32(17-13-22)20-24-19-23-10-6-7-11-27(23)34-24/h3-11,14-15,19,22,26H,12-13,16-18,20H2,1-2H3/t26-/m1/s1. The van der Waals surface area contributed by atoms with Gasteiger partial charge in [-0.1, -0.05) is 48.5 Å². The number of carbonyl (C=O) groups excluding carboxylic acids is 1. The lowest BCUT2D eigenvalue weighted by Crippen LogP contribution is -2.47. The summed E-state index contributed by atoms with van der Waals surface area (Å²) < 4.78 is 3.06. The number of carbonyl (C=O) groups is 1. The quantitative estimate of drug-likeness (QED) is 0.370. The fourth-order valence-corrected chi connectivity index (χ4v) is 6.27. The number of nitrogens with zero attached hydrogens (tertiary/aromatic N) is 4. The molecule has 4 aromatic rings. The van der Waals surface area contributed by atoms with E-state index >= 15 is 0 Å². The van der Waals surface area contributed by atoms with Gasteiger partial charge in [0.2, 0.25) is 0 Å². The van der Waals surface area contributed by atoms with Gasteiger partial charge in [-0.05, 0) is 67.4 Å². The third-order valence-corrected chi connectivity index (χ3v) is 8.17. The smallest absolute Gasteiger partial charge is 0.274 e. The van der Waals surface area contributed by atoms with E-state index in [9.17, 15) is 4.79 Å². The van der Waals surface area contributed by atoms with Crippen LogP contribution < -0.4 is 0 Å². The first-order valence-corrected chi connectivity index (χ1v) is 12.9. The molecule has 3 heterocycles. The number of hydrogen-bond acceptors (Lipinski definition) is 4. The highest BCUT2D eigenvalue weighted by Crippen LogP contribution is 2.30. The molecule has 1 fully saturated rings.